The number of hydrogen-bond acceptors (Lipinski definition) is 3. The summed E-state index contributed by atoms with van der Waals surface area (Å²) in [6, 6.07) is 9.97. The number of carbonyl (C=O) groups excluding carboxylic acids is 1. The molecule has 7 heteroatoms. The fourth-order valence-corrected chi connectivity index (χ4v) is 2.05. The first-order valence-corrected chi connectivity index (χ1v) is 6.77. The van der Waals surface area contributed by atoms with Gasteiger partial charge in [0, 0.05) is 45.0 Å². The molecule has 1 amide bonds. The summed E-state index contributed by atoms with van der Waals surface area (Å²) in [5.74, 6) is 0.119. The van der Waals surface area contributed by atoms with Gasteiger partial charge in [0.2, 0.25) is 5.91 Å². The topological polar surface area (TPSA) is 64.2 Å². The van der Waals surface area contributed by atoms with Crippen LogP contribution in [-0.4, -0.2) is 33.4 Å². The largest absolute Gasteiger partial charge is 0.337 e. The molecule has 22 heavy (non-hydrogen) atoms. The SMILES string of the molecule is Cl.Cl.NCCN(Cc1ccccc1)C(=O)CCn1ccnc1. The highest BCUT2D eigenvalue weighted by atomic mass is 35.5. The number of amides is 1. The minimum Gasteiger partial charge on any atom is -0.337 e. The highest BCUT2D eigenvalue weighted by Gasteiger charge is 2.13. The van der Waals surface area contributed by atoms with Gasteiger partial charge in [0.1, 0.15) is 0 Å². The lowest BCUT2D eigenvalue weighted by Crippen LogP contribution is -2.35. The van der Waals surface area contributed by atoms with Crippen LogP contribution in [-0.2, 0) is 17.9 Å². The number of aryl methyl sites for hydroxylation is 1. The van der Waals surface area contributed by atoms with Crippen LogP contribution >= 0.6 is 24.8 Å². The second-order valence-corrected chi connectivity index (χ2v) is 4.64. The second kappa shape index (κ2) is 11.1. The van der Waals surface area contributed by atoms with Crippen molar-refractivity contribution in [2.45, 2.75) is 19.5 Å². The molecule has 0 radical (unpaired) electrons. The van der Waals surface area contributed by atoms with Crippen molar-refractivity contribution in [3.05, 3.63) is 54.6 Å². The molecular formula is C15H22Cl2N4O. The van der Waals surface area contributed by atoms with E-state index in [-0.39, 0.29) is 30.7 Å². The van der Waals surface area contributed by atoms with Crippen molar-refractivity contribution >= 4 is 30.7 Å². The van der Waals surface area contributed by atoms with Gasteiger partial charge in [-0.1, -0.05) is 30.3 Å². The first-order chi connectivity index (χ1) is 9.79. The third kappa shape index (κ3) is 6.47. The van der Waals surface area contributed by atoms with Crippen molar-refractivity contribution < 1.29 is 4.79 Å². The minimum atomic E-state index is 0. The highest BCUT2D eigenvalue weighted by Crippen LogP contribution is 2.06. The van der Waals surface area contributed by atoms with Gasteiger partial charge in [-0.3, -0.25) is 4.79 Å². The summed E-state index contributed by atoms with van der Waals surface area (Å²) in [6.07, 6.45) is 5.75. The molecular weight excluding hydrogens is 323 g/mol. The number of aromatic nitrogens is 2. The molecule has 0 aliphatic heterocycles. The number of rotatable bonds is 7. The van der Waals surface area contributed by atoms with Crippen LogP contribution in [0, 0.1) is 0 Å². The molecule has 5 nitrogen and oxygen atoms in total. The summed E-state index contributed by atoms with van der Waals surface area (Å²) in [7, 11) is 0. The van der Waals surface area contributed by atoms with E-state index < -0.39 is 0 Å². The molecule has 1 aromatic carbocycles. The number of nitrogens with two attached hydrogens (primary N) is 1. The van der Waals surface area contributed by atoms with Crippen LogP contribution in [0.1, 0.15) is 12.0 Å². The van der Waals surface area contributed by atoms with Gasteiger partial charge >= 0.3 is 0 Å². The van der Waals surface area contributed by atoms with E-state index in [2.05, 4.69) is 4.98 Å². The van der Waals surface area contributed by atoms with Gasteiger partial charge in [0.25, 0.3) is 0 Å². The highest BCUT2D eigenvalue weighted by molar-refractivity contribution is 5.85. The van der Waals surface area contributed by atoms with Gasteiger partial charge in [0.15, 0.2) is 0 Å². The number of carbonyl (C=O) groups is 1. The quantitative estimate of drug-likeness (QED) is 0.836. The van der Waals surface area contributed by atoms with Crippen LogP contribution in [0.2, 0.25) is 0 Å². The van der Waals surface area contributed by atoms with E-state index in [1.165, 1.54) is 0 Å². The van der Waals surface area contributed by atoms with Gasteiger partial charge in [-0.15, -0.1) is 24.8 Å². The maximum Gasteiger partial charge on any atom is 0.224 e. The van der Waals surface area contributed by atoms with Crippen molar-refractivity contribution in [2.24, 2.45) is 5.73 Å². The smallest absolute Gasteiger partial charge is 0.224 e. The fraction of sp³-hybridized carbons (Fsp3) is 0.333. The van der Waals surface area contributed by atoms with E-state index in [1.807, 2.05) is 46.0 Å². The number of halogens is 2. The summed E-state index contributed by atoms with van der Waals surface area (Å²) in [5.41, 5.74) is 6.72. The summed E-state index contributed by atoms with van der Waals surface area (Å²) in [5, 5.41) is 0. The first-order valence-electron chi connectivity index (χ1n) is 6.77. The summed E-state index contributed by atoms with van der Waals surface area (Å²) >= 11 is 0. The van der Waals surface area contributed by atoms with Gasteiger partial charge < -0.3 is 15.2 Å². The van der Waals surface area contributed by atoms with Crippen LogP contribution < -0.4 is 5.73 Å². The Labute approximate surface area is 143 Å². The third-order valence-corrected chi connectivity index (χ3v) is 3.11. The Balaban J connectivity index is 0.00000220. The lowest BCUT2D eigenvalue weighted by atomic mass is 10.2. The Hall–Kier alpha value is -1.56. The van der Waals surface area contributed by atoms with E-state index in [0.717, 1.165) is 5.56 Å². The minimum absolute atomic E-state index is 0. The van der Waals surface area contributed by atoms with Crippen molar-refractivity contribution in [2.75, 3.05) is 13.1 Å². The van der Waals surface area contributed by atoms with Gasteiger partial charge in [0.05, 0.1) is 6.33 Å². The lowest BCUT2D eigenvalue weighted by molar-refractivity contribution is -0.131. The van der Waals surface area contributed by atoms with Crippen LogP contribution in [0.3, 0.4) is 0 Å². The molecule has 0 fully saturated rings. The van der Waals surface area contributed by atoms with E-state index in [9.17, 15) is 4.79 Å². The van der Waals surface area contributed by atoms with Crippen LogP contribution in [0.5, 0.6) is 0 Å². The average molecular weight is 345 g/mol. The van der Waals surface area contributed by atoms with Crippen LogP contribution in [0.4, 0.5) is 0 Å². The molecule has 0 saturated carbocycles. The molecule has 0 aliphatic carbocycles. The number of hydrogen-bond donors (Lipinski definition) is 1. The lowest BCUT2D eigenvalue weighted by Gasteiger charge is -2.22. The summed E-state index contributed by atoms with van der Waals surface area (Å²) in [6.45, 7) is 2.32. The standard InChI is InChI=1S/C15H20N4O.2ClH/c16-7-10-19(12-14-4-2-1-3-5-14)15(20)6-9-18-11-8-17-13-18;;/h1-5,8,11,13H,6-7,9-10,12,16H2;2*1H. The Bertz CT molecular complexity index is 520. The normalized spacial score (nSPS) is 9.50. The molecule has 1 aromatic heterocycles. The van der Waals surface area contributed by atoms with Crippen molar-refractivity contribution in [1.82, 2.24) is 14.5 Å². The number of benzene rings is 1. The zero-order valence-corrected chi connectivity index (χ0v) is 13.9. The van der Waals surface area contributed by atoms with E-state index >= 15 is 0 Å². The zero-order valence-electron chi connectivity index (χ0n) is 12.3. The number of imidazole rings is 1. The monoisotopic (exact) mass is 344 g/mol. The molecule has 0 spiro atoms. The predicted octanol–water partition coefficient (Wildman–Crippen LogP) is 2.10. The maximum atomic E-state index is 12.3. The molecule has 2 N–H and O–H groups in total. The summed E-state index contributed by atoms with van der Waals surface area (Å²) < 4.78 is 1.90. The van der Waals surface area contributed by atoms with E-state index in [0.29, 0.717) is 32.6 Å². The Kier molecular flexibility index (Phi) is 10.3. The molecule has 2 aromatic rings. The van der Waals surface area contributed by atoms with Crippen molar-refractivity contribution in [3.8, 4) is 0 Å². The second-order valence-electron chi connectivity index (χ2n) is 4.64. The van der Waals surface area contributed by atoms with Gasteiger partial charge in [-0.2, -0.15) is 0 Å². The Morgan fingerprint density at radius 3 is 2.55 bits per heavy atom. The van der Waals surface area contributed by atoms with E-state index in [1.54, 1.807) is 12.5 Å². The molecule has 122 valence electrons. The van der Waals surface area contributed by atoms with E-state index in [4.69, 9.17) is 5.73 Å². The molecule has 0 aliphatic rings. The zero-order chi connectivity index (χ0) is 14.2. The molecule has 0 bridgehead atoms. The molecule has 0 saturated heterocycles. The molecule has 2 rings (SSSR count). The van der Waals surface area contributed by atoms with Gasteiger partial charge in [-0.05, 0) is 5.56 Å². The number of nitrogens with zero attached hydrogens (tertiary/aromatic N) is 3. The first kappa shape index (κ1) is 20.4. The van der Waals surface area contributed by atoms with Crippen LogP contribution in [0.15, 0.2) is 49.1 Å². The Morgan fingerprint density at radius 2 is 1.95 bits per heavy atom. The third-order valence-electron chi connectivity index (χ3n) is 3.11. The summed E-state index contributed by atoms with van der Waals surface area (Å²) in [4.78, 5) is 18.0. The molecule has 1 heterocycles. The van der Waals surface area contributed by atoms with Gasteiger partial charge in [-0.25, -0.2) is 4.98 Å². The average Bonchev–Trinajstić information content (AvgIpc) is 2.99. The predicted molar refractivity (Wildman–Crippen MR) is 92.3 cm³/mol. The van der Waals surface area contributed by atoms with Crippen molar-refractivity contribution in [3.63, 3.8) is 0 Å². The van der Waals surface area contributed by atoms with Crippen LogP contribution in [0.25, 0.3) is 0 Å². The maximum absolute atomic E-state index is 12.3. The van der Waals surface area contributed by atoms with Crippen molar-refractivity contribution in [1.29, 1.82) is 0 Å². The molecule has 0 unspecified atom stereocenters. The Morgan fingerprint density at radius 1 is 1.23 bits per heavy atom. The molecule has 0 atom stereocenters. The fourth-order valence-electron chi connectivity index (χ4n) is 2.05.